The van der Waals surface area contributed by atoms with Gasteiger partial charge in [0, 0.05) is 36.4 Å². The van der Waals surface area contributed by atoms with Crippen molar-refractivity contribution in [1.29, 1.82) is 0 Å². The van der Waals surface area contributed by atoms with Crippen molar-refractivity contribution in [3.8, 4) is 0 Å². The Kier molecular flexibility index (Phi) is 3.82. The van der Waals surface area contributed by atoms with Crippen LogP contribution in [0.5, 0.6) is 0 Å². The molecule has 19 heavy (non-hydrogen) atoms. The second-order valence-corrected chi connectivity index (χ2v) is 3.90. The van der Waals surface area contributed by atoms with Crippen LogP contribution in [0.4, 0.5) is 5.69 Å². The van der Waals surface area contributed by atoms with Crippen LogP contribution in [0.1, 0.15) is 15.9 Å². The molecule has 0 saturated heterocycles. The Hall–Kier alpha value is -2.76. The maximum absolute atomic E-state index is 11.9. The lowest BCUT2D eigenvalue weighted by Gasteiger charge is -2.04. The monoisotopic (exact) mass is 258 g/mol. The summed E-state index contributed by atoms with van der Waals surface area (Å²) in [6.07, 6.45) is 3.52. The summed E-state index contributed by atoms with van der Waals surface area (Å²) in [4.78, 5) is 24.8. The molecule has 0 spiro atoms. The van der Waals surface area contributed by atoms with Gasteiger partial charge in [-0.1, -0.05) is 6.07 Å². The highest BCUT2D eigenvalue weighted by molar-refractivity contribution is 5.94. The van der Waals surface area contributed by atoms with Crippen LogP contribution in [0.15, 0.2) is 48.8 Å². The van der Waals surface area contributed by atoms with Gasteiger partial charge in [-0.3, -0.25) is 14.9 Å². The third-order valence-corrected chi connectivity index (χ3v) is 2.56. The number of hydrogen-bond acceptors (Lipinski definition) is 3. The maximum Gasteiger partial charge on any atom is 0.270 e. The molecule has 2 aromatic rings. The van der Waals surface area contributed by atoms with E-state index in [0.717, 1.165) is 5.56 Å². The van der Waals surface area contributed by atoms with E-state index in [2.05, 4.69) is 10.3 Å². The Balaban J connectivity index is 2.04. The number of carbonyl (C=O) groups is 1. The molecule has 1 heterocycles. The fraction of sp³-hybridized carbons (Fsp3) is 0.0769. The zero-order valence-electron chi connectivity index (χ0n) is 10.00. The number of hydrogen-bond donors (Lipinski definition) is 1. The number of aromatic amines is 1. The number of nitrogens with zero attached hydrogens (tertiary/aromatic N) is 1. The molecule has 6 nitrogen and oxygen atoms in total. The number of nitrogens with one attached hydrogen (secondary N) is 2. The van der Waals surface area contributed by atoms with E-state index in [1.807, 2.05) is 12.1 Å². The van der Waals surface area contributed by atoms with E-state index in [4.69, 9.17) is 0 Å². The standard InChI is InChI=1S/C13H11N3O3/c17-13(15-9-10-4-6-14-7-5-10)11-2-1-3-12(8-11)16(18)19/h1-8H,9H2,(H,15,17)/p+1. The molecule has 0 unspecified atom stereocenters. The molecule has 2 N–H and O–H groups in total. The van der Waals surface area contributed by atoms with Crippen LogP contribution in [0.3, 0.4) is 0 Å². The van der Waals surface area contributed by atoms with Gasteiger partial charge in [0.05, 0.1) is 4.92 Å². The molecule has 1 aromatic carbocycles. The van der Waals surface area contributed by atoms with Crippen molar-refractivity contribution in [1.82, 2.24) is 5.32 Å². The lowest BCUT2D eigenvalue weighted by molar-refractivity contribution is -0.384. The average Bonchev–Trinajstić information content (AvgIpc) is 2.46. The van der Waals surface area contributed by atoms with Crippen LogP contribution in [-0.4, -0.2) is 10.8 Å². The van der Waals surface area contributed by atoms with E-state index in [0.29, 0.717) is 6.54 Å². The van der Waals surface area contributed by atoms with Gasteiger partial charge in [0.15, 0.2) is 12.4 Å². The number of carbonyl (C=O) groups excluding carboxylic acids is 1. The van der Waals surface area contributed by atoms with Crippen molar-refractivity contribution in [2.75, 3.05) is 0 Å². The fourth-order valence-corrected chi connectivity index (χ4v) is 1.58. The highest BCUT2D eigenvalue weighted by Gasteiger charge is 2.11. The number of pyridine rings is 1. The minimum absolute atomic E-state index is 0.0954. The zero-order valence-corrected chi connectivity index (χ0v) is 10.00. The fourth-order valence-electron chi connectivity index (χ4n) is 1.58. The number of non-ortho nitro benzene ring substituents is 1. The Morgan fingerprint density at radius 1 is 1.26 bits per heavy atom. The largest absolute Gasteiger partial charge is 0.348 e. The number of benzene rings is 1. The third kappa shape index (κ3) is 3.35. The molecule has 0 bridgehead atoms. The van der Waals surface area contributed by atoms with Gasteiger partial charge in [0.1, 0.15) is 0 Å². The number of rotatable bonds is 4. The SMILES string of the molecule is O=C(NCc1cc[nH+]cc1)c1cccc([N+](=O)[O-])c1. The molecule has 0 aliphatic carbocycles. The van der Waals surface area contributed by atoms with Crippen molar-refractivity contribution in [2.24, 2.45) is 0 Å². The molecule has 2 rings (SSSR count). The predicted molar refractivity (Wildman–Crippen MR) is 67.3 cm³/mol. The molecular weight excluding hydrogens is 246 g/mol. The predicted octanol–water partition coefficient (Wildman–Crippen LogP) is 1.34. The van der Waals surface area contributed by atoms with Gasteiger partial charge in [-0.05, 0) is 11.6 Å². The third-order valence-electron chi connectivity index (χ3n) is 2.56. The Morgan fingerprint density at radius 3 is 2.68 bits per heavy atom. The number of nitro groups is 1. The lowest BCUT2D eigenvalue weighted by Crippen LogP contribution is -2.23. The summed E-state index contributed by atoms with van der Waals surface area (Å²) in [6, 6.07) is 9.32. The number of nitro benzene ring substituents is 1. The topological polar surface area (TPSA) is 86.4 Å². The van der Waals surface area contributed by atoms with Gasteiger partial charge in [0.2, 0.25) is 0 Å². The summed E-state index contributed by atoms with van der Waals surface area (Å²) in [5, 5.41) is 13.3. The van der Waals surface area contributed by atoms with E-state index >= 15 is 0 Å². The number of aromatic nitrogens is 1. The Morgan fingerprint density at radius 2 is 2.00 bits per heavy atom. The molecule has 0 aliphatic heterocycles. The number of amides is 1. The van der Waals surface area contributed by atoms with Crippen LogP contribution in [-0.2, 0) is 6.54 Å². The molecule has 0 aliphatic rings. The first-order valence-electron chi connectivity index (χ1n) is 5.64. The van der Waals surface area contributed by atoms with E-state index < -0.39 is 4.92 Å². The van der Waals surface area contributed by atoms with Gasteiger partial charge in [0.25, 0.3) is 11.6 Å². The summed E-state index contributed by atoms with van der Waals surface area (Å²) in [5.41, 5.74) is 1.12. The van der Waals surface area contributed by atoms with Crippen LogP contribution in [0.2, 0.25) is 0 Å². The molecule has 6 heteroatoms. The Labute approximate surface area is 109 Å². The second kappa shape index (κ2) is 5.72. The highest BCUT2D eigenvalue weighted by atomic mass is 16.6. The summed E-state index contributed by atoms with van der Waals surface area (Å²) in [5.74, 6) is -0.337. The first-order chi connectivity index (χ1) is 9.16. The van der Waals surface area contributed by atoms with E-state index in [1.54, 1.807) is 18.5 Å². The van der Waals surface area contributed by atoms with Crippen molar-refractivity contribution in [3.05, 3.63) is 70.0 Å². The smallest absolute Gasteiger partial charge is 0.270 e. The lowest BCUT2D eigenvalue weighted by atomic mass is 10.2. The van der Waals surface area contributed by atoms with E-state index in [-0.39, 0.29) is 17.2 Å². The molecule has 1 amide bonds. The van der Waals surface area contributed by atoms with E-state index in [9.17, 15) is 14.9 Å². The average molecular weight is 258 g/mol. The Bertz CT molecular complexity index is 599. The molecule has 0 atom stereocenters. The van der Waals surface area contributed by atoms with Crippen molar-refractivity contribution < 1.29 is 14.7 Å². The summed E-state index contributed by atoms with van der Waals surface area (Å²) < 4.78 is 0. The second-order valence-electron chi connectivity index (χ2n) is 3.90. The van der Waals surface area contributed by atoms with Crippen LogP contribution in [0, 0.1) is 10.1 Å². The van der Waals surface area contributed by atoms with Gasteiger partial charge in [-0.25, -0.2) is 4.98 Å². The van der Waals surface area contributed by atoms with Crippen molar-refractivity contribution >= 4 is 11.6 Å². The maximum atomic E-state index is 11.9. The quantitative estimate of drug-likeness (QED) is 0.663. The van der Waals surface area contributed by atoms with Crippen LogP contribution in [0.25, 0.3) is 0 Å². The number of H-pyrrole nitrogens is 1. The van der Waals surface area contributed by atoms with Crippen LogP contribution < -0.4 is 10.3 Å². The first kappa shape index (κ1) is 12.7. The van der Waals surface area contributed by atoms with E-state index in [1.165, 1.54) is 18.2 Å². The van der Waals surface area contributed by atoms with Crippen molar-refractivity contribution in [2.45, 2.75) is 6.54 Å². The molecular formula is C13H12N3O3+. The van der Waals surface area contributed by atoms with Gasteiger partial charge in [-0.15, -0.1) is 0 Å². The minimum atomic E-state index is -0.524. The van der Waals surface area contributed by atoms with Gasteiger partial charge < -0.3 is 5.32 Å². The molecule has 1 aromatic heterocycles. The molecule has 0 fully saturated rings. The van der Waals surface area contributed by atoms with Crippen molar-refractivity contribution in [3.63, 3.8) is 0 Å². The summed E-state index contributed by atoms with van der Waals surface area (Å²) >= 11 is 0. The van der Waals surface area contributed by atoms with Gasteiger partial charge in [-0.2, -0.15) is 0 Å². The zero-order chi connectivity index (χ0) is 13.7. The van der Waals surface area contributed by atoms with Gasteiger partial charge >= 0.3 is 0 Å². The van der Waals surface area contributed by atoms with Crippen LogP contribution >= 0.6 is 0 Å². The molecule has 0 saturated carbocycles. The highest BCUT2D eigenvalue weighted by Crippen LogP contribution is 2.13. The minimum Gasteiger partial charge on any atom is -0.348 e. The normalized spacial score (nSPS) is 9.89. The molecule has 0 radical (unpaired) electrons. The summed E-state index contributed by atoms with van der Waals surface area (Å²) in [6.45, 7) is 0.371. The first-order valence-corrected chi connectivity index (χ1v) is 5.64. The molecule has 96 valence electrons. The summed E-state index contributed by atoms with van der Waals surface area (Å²) in [7, 11) is 0.